The van der Waals surface area contributed by atoms with E-state index in [4.69, 9.17) is 19.4 Å². The van der Waals surface area contributed by atoms with E-state index in [-0.39, 0.29) is 24.2 Å². The Morgan fingerprint density at radius 3 is 2.62 bits per heavy atom. The van der Waals surface area contributed by atoms with Gasteiger partial charge in [0.2, 0.25) is 0 Å². The highest BCUT2D eigenvalue weighted by molar-refractivity contribution is 5.93. The van der Waals surface area contributed by atoms with Gasteiger partial charge in [-0.05, 0) is 37.1 Å². The van der Waals surface area contributed by atoms with Crippen LogP contribution in [0, 0.1) is 0 Å². The van der Waals surface area contributed by atoms with Crippen molar-refractivity contribution in [1.82, 2.24) is 14.5 Å². The van der Waals surface area contributed by atoms with Crippen molar-refractivity contribution in [2.75, 3.05) is 13.2 Å². The standard InChI is InChI=1S/C19H23N3O3.C2HF3O2/c1-21-10-4-7-16(21)19(23)22-12-17(18-15(22)8-5-11-24-18)25-13-14-6-2-3-9-20-14;3-2(4,5)1(6)7/h2-4,6-7,9-10,15,17-18H,5,8,11-13H2,1H3;(H,6,7)/t15-,17+,18+;/m1./s1. The van der Waals surface area contributed by atoms with Crippen LogP contribution in [-0.2, 0) is 27.9 Å². The molecule has 11 heteroatoms. The lowest BCUT2D eigenvalue weighted by atomic mass is 10.0. The number of alkyl halides is 3. The number of aryl methyl sites for hydroxylation is 1. The molecule has 2 fully saturated rings. The summed E-state index contributed by atoms with van der Waals surface area (Å²) in [5, 5.41) is 7.12. The second-order valence-electron chi connectivity index (χ2n) is 7.48. The first-order valence-electron chi connectivity index (χ1n) is 10.0. The molecule has 174 valence electrons. The Bertz CT molecular complexity index is 919. The number of carbonyl (C=O) groups is 2. The summed E-state index contributed by atoms with van der Waals surface area (Å²) in [6, 6.07) is 9.63. The third-order valence-corrected chi connectivity index (χ3v) is 5.31. The molecule has 0 radical (unpaired) electrons. The maximum absolute atomic E-state index is 13.0. The van der Waals surface area contributed by atoms with E-state index < -0.39 is 12.1 Å². The molecule has 3 atom stereocenters. The van der Waals surface area contributed by atoms with Crippen LogP contribution in [0.4, 0.5) is 13.2 Å². The fourth-order valence-electron chi connectivity index (χ4n) is 3.80. The third-order valence-electron chi connectivity index (χ3n) is 5.31. The van der Waals surface area contributed by atoms with Gasteiger partial charge < -0.3 is 24.0 Å². The summed E-state index contributed by atoms with van der Waals surface area (Å²) >= 11 is 0. The van der Waals surface area contributed by atoms with E-state index in [1.54, 1.807) is 6.20 Å². The smallest absolute Gasteiger partial charge is 0.475 e. The van der Waals surface area contributed by atoms with Gasteiger partial charge in [0.15, 0.2) is 0 Å². The largest absolute Gasteiger partial charge is 0.490 e. The van der Waals surface area contributed by atoms with E-state index in [0.29, 0.717) is 18.8 Å². The molecule has 8 nitrogen and oxygen atoms in total. The first-order valence-corrected chi connectivity index (χ1v) is 10.0. The van der Waals surface area contributed by atoms with Gasteiger partial charge in [-0.2, -0.15) is 13.2 Å². The zero-order valence-electron chi connectivity index (χ0n) is 17.4. The van der Waals surface area contributed by atoms with E-state index in [9.17, 15) is 18.0 Å². The van der Waals surface area contributed by atoms with Gasteiger partial charge in [0.1, 0.15) is 17.9 Å². The van der Waals surface area contributed by atoms with Crippen molar-refractivity contribution in [1.29, 1.82) is 0 Å². The van der Waals surface area contributed by atoms with Crippen LogP contribution in [0.1, 0.15) is 29.0 Å². The third kappa shape index (κ3) is 5.65. The second-order valence-corrected chi connectivity index (χ2v) is 7.48. The van der Waals surface area contributed by atoms with Crippen LogP contribution >= 0.6 is 0 Å². The predicted octanol–water partition coefficient (Wildman–Crippen LogP) is 2.64. The van der Waals surface area contributed by atoms with Crippen LogP contribution in [0.15, 0.2) is 42.7 Å². The maximum Gasteiger partial charge on any atom is 0.490 e. The normalized spacial score (nSPS) is 22.6. The Morgan fingerprint density at radius 1 is 1.28 bits per heavy atom. The van der Waals surface area contributed by atoms with Crippen LogP contribution in [0.2, 0.25) is 0 Å². The molecule has 32 heavy (non-hydrogen) atoms. The summed E-state index contributed by atoms with van der Waals surface area (Å²) < 4.78 is 45.7. The number of halogens is 3. The van der Waals surface area contributed by atoms with Gasteiger partial charge >= 0.3 is 12.1 Å². The van der Waals surface area contributed by atoms with E-state index in [1.807, 2.05) is 53.0 Å². The number of aliphatic carboxylic acids is 1. The minimum Gasteiger partial charge on any atom is -0.475 e. The molecular formula is C21H24F3N3O5. The lowest BCUT2D eigenvalue weighted by Crippen LogP contribution is -2.44. The van der Waals surface area contributed by atoms with E-state index in [2.05, 4.69) is 4.98 Å². The molecule has 2 aromatic heterocycles. The average molecular weight is 455 g/mol. The number of carboxylic acid groups (broad SMARTS) is 1. The number of carbonyl (C=O) groups excluding carboxylic acids is 1. The molecular weight excluding hydrogens is 431 g/mol. The topological polar surface area (TPSA) is 93.9 Å². The van der Waals surface area contributed by atoms with Gasteiger partial charge in [0.25, 0.3) is 5.91 Å². The molecule has 2 aliphatic heterocycles. The summed E-state index contributed by atoms with van der Waals surface area (Å²) in [4.78, 5) is 28.1. The lowest BCUT2D eigenvalue weighted by molar-refractivity contribution is -0.192. The molecule has 1 amide bonds. The number of likely N-dealkylation sites (tertiary alicyclic amines) is 1. The molecule has 0 bridgehead atoms. The van der Waals surface area contributed by atoms with Crippen molar-refractivity contribution in [3.8, 4) is 0 Å². The van der Waals surface area contributed by atoms with Crippen molar-refractivity contribution in [2.24, 2.45) is 7.05 Å². The minimum atomic E-state index is -5.08. The highest BCUT2D eigenvalue weighted by Gasteiger charge is 2.47. The first-order chi connectivity index (χ1) is 15.2. The van der Waals surface area contributed by atoms with Gasteiger partial charge in [-0.3, -0.25) is 9.78 Å². The van der Waals surface area contributed by atoms with Crippen molar-refractivity contribution in [3.63, 3.8) is 0 Å². The number of hydrogen-bond acceptors (Lipinski definition) is 5. The minimum absolute atomic E-state index is 0.0527. The van der Waals surface area contributed by atoms with Crippen molar-refractivity contribution in [2.45, 2.75) is 43.9 Å². The van der Waals surface area contributed by atoms with E-state index in [1.165, 1.54) is 0 Å². The number of nitrogens with zero attached hydrogens (tertiary/aromatic N) is 3. The Labute approximate surface area is 182 Å². The Balaban J connectivity index is 0.000000360. The number of aromatic nitrogens is 2. The Kier molecular flexibility index (Phi) is 7.52. The number of carboxylic acids is 1. The molecule has 0 unspecified atom stereocenters. The molecule has 0 spiro atoms. The number of pyridine rings is 1. The first kappa shape index (κ1) is 23.7. The fraction of sp³-hybridized carbons (Fsp3) is 0.476. The van der Waals surface area contributed by atoms with Gasteiger partial charge in [-0.15, -0.1) is 0 Å². The molecule has 2 saturated heterocycles. The fourth-order valence-corrected chi connectivity index (χ4v) is 3.80. The predicted molar refractivity (Wildman–Crippen MR) is 106 cm³/mol. The maximum atomic E-state index is 13.0. The van der Waals surface area contributed by atoms with Crippen molar-refractivity contribution < 1.29 is 37.3 Å². The number of amides is 1. The number of ether oxygens (including phenoxy) is 2. The summed E-state index contributed by atoms with van der Waals surface area (Å²) in [7, 11) is 1.90. The Morgan fingerprint density at radius 2 is 2.03 bits per heavy atom. The zero-order chi connectivity index (χ0) is 23.3. The molecule has 1 N–H and O–H groups in total. The molecule has 0 saturated carbocycles. The zero-order valence-corrected chi connectivity index (χ0v) is 17.4. The molecule has 4 rings (SSSR count). The highest BCUT2D eigenvalue weighted by Crippen LogP contribution is 2.32. The lowest BCUT2D eigenvalue weighted by Gasteiger charge is -2.32. The second kappa shape index (κ2) is 10.1. The monoisotopic (exact) mass is 455 g/mol. The van der Waals surface area contributed by atoms with Crippen LogP contribution in [0.3, 0.4) is 0 Å². The van der Waals surface area contributed by atoms with Gasteiger partial charge in [-0.1, -0.05) is 6.07 Å². The number of hydrogen-bond donors (Lipinski definition) is 1. The van der Waals surface area contributed by atoms with Gasteiger partial charge in [0.05, 0.1) is 24.9 Å². The number of rotatable bonds is 4. The molecule has 0 aliphatic carbocycles. The van der Waals surface area contributed by atoms with Gasteiger partial charge in [-0.25, -0.2) is 4.79 Å². The van der Waals surface area contributed by atoms with Crippen LogP contribution < -0.4 is 0 Å². The van der Waals surface area contributed by atoms with Crippen molar-refractivity contribution >= 4 is 11.9 Å². The summed E-state index contributed by atoms with van der Waals surface area (Å²) in [6.07, 6.45) is 0.347. The number of fused-ring (bicyclic) bond motifs is 1. The van der Waals surface area contributed by atoms with Crippen LogP contribution in [0.5, 0.6) is 0 Å². The van der Waals surface area contributed by atoms with E-state index >= 15 is 0 Å². The van der Waals surface area contributed by atoms with Gasteiger partial charge in [0, 0.05) is 26.0 Å². The van der Waals surface area contributed by atoms with Crippen molar-refractivity contribution in [3.05, 3.63) is 54.1 Å². The summed E-state index contributed by atoms with van der Waals surface area (Å²) in [6.45, 7) is 1.73. The van der Waals surface area contributed by atoms with Crippen LogP contribution in [-0.4, -0.2) is 69.0 Å². The summed E-state index contributed by atoms with van der Waals surface area (Å²) in [5.41, 5.74) is 1.59. The van der Waals surface area contributed by atoms with E-state index in [0.717, 1.165) is 25.1 Å². The Hall–Kier alpha value is -2.92. The quantitative estimate of drug-likeness (QED) is 0.762. The molecule has 2 aliphatic rings. The van der Waals surface area contributed by atoms with Crippen LogP contribution in [0.25, 0.3) is 0 Å². The average Bonchev–Trinajstić information content (AvgIpc) is 3.36. The summed E-state index contributed by atoms with van der Waals surface area (Å²) in [5.74, 6) is -2.70. The SMILES string of the molecule is Cn1cccc1C(=O)N1C[C@H](OCc2ccccn2)[C@H]2OCCC[C@H]21.O=C(O)C(F)(F)F. The molecule has 4 heterocycles. The highest BCUT2D eigenvalue weighted by atomic mass is 19.4. The molecule has 0 aromatic carbocycles. The molecule has 2 aromatic rings.